The number of rotatable bonds is 1. The van der Waals surface area contributed by atoms with Gasteiger partial charge in [-0.3, -0.25) is 0 Å². The van der Waals surface area contributed by atoms with Gasteiger partial charge in [0.1, 0.15) is 0 Å². The summed E-state index contributed by atoms with van der Waals surface area (Å²) in [4.78, 5) is 0. The molecule has 0 atom stereocenters. The van der Waals surface area contributed by atoms with Crippen LogP contribution in [0.4, 0.5) is 0 Å². The lowest BCUT2D eigenvalue weighted by Gasteiger charge is -2.23. The minimum atomic E-state index is -0.514. The molecule has 0 bridgehead atoms. The van der Waals surface area contributed by atoms with Crippen molar-refractivity contribution in [1.82, 2.24) is 0 Å². The summed E-state index contributed by atoms with van der Waals surface area (Å²) in [6.45, 7) is 7.38. The summed E-state index contributed by atoms with van der Waals surface area (Å²) < 4.78 is 0. The topological polar surface area (TPSA) is 66.5 Å². The molecule has 0 aromatic heterocycles. The van der Waals surface area contributed by atoms with Gasteiger partial charge in [0.2, 0.25) is 0 Å². The van der Waals surface area contributed by atoms with Gasteiger partial charge < -0.3 is 15.9 Å². The molecule has 0 radical (unpaired) electrons. The zero-order valence-corrected chi connectivity index (χ0v) is 9.05. The minimum absolute atomic E-state index is 0.0597. The van der Waals surface area contributed by atoms with Crippen LogP contribution in [0.5, 0.6) is 11.5 Å². The second kappa shape index (κ2) is 3.17. The van der Waals surface area contributed by atoms with Crippen molar-refractivity contribution in [3.8, 4) is 11.5 Å². The second-order valence-corrected chi connectivity index (χ2v) is 4.26. The Morgan fingerprint density at radius 1 is 1.14 bits per heavy atom. The van der Waals surface area contributed by atoms with Gasteiger partial charge in [0, 0.05) is 5.54 Å². The number of hydrogen-bond donors (Lipinski definition) is 3. The summed E-state index contributed by atoms with van der Waals surface area (Å²) in [5.74, 6) is -0.169. The van der Waals surface area contributed by atoms with Gasteiger partial charge in [-0.15, -0.1) is 0 Å². The average molecular weight is 195 g/mol. The fourth-order valence-corrected chi connectivity index (χ4v) is 1.55. The summed E-state index contributed by atoms with van der Waals surface area (Å²) >= 11 is 0. The predicted octanol–water partition coefficient (Wildman–Crippen LogP) is 1.91. The molecule has 1 rings (SSSR count). The van der Waals surface area contributed by atoms with Crippen LogP contribution in [-0.2, 0) is 5.54 Å². The fraction of sp³-hybridized carbons (Fsp3) is 0.455. The molecule has 0 amide bonds. The predicted molar refractivity (Wildman–Crippen MR) is 56.5 cm³/mol. The van der Waals surface area contributed by atoms with Crippen LogP contribution in [0.15, 0.2) is 6.07 Å². The summed E-state index contributed by atoms with van der Waals surface area (Å²) in [6, 6.07) is 1.53. The molecule has 0 heterocycles. The first-order valence-corrected chi connectivity index (χ1v) is 4.56. The Morgan fingerprint density at radius 3 is 2.07 bits per heavy atom. The van der Waals surface area contributed by atoms with E-state index in [0.717, 1.165) is 11.1 Å². The van der Waals surface area contributed by atoms with Crippen molar-refractivity contribution in [2.45, 2.75) is 33.2 Å². The van der Waals surface area contributed by atoms with Crippen molar-refractivity contribution in [3.63, 3.8) is 0 Å². The third kappa shape index (κ3) is 1.68. The number of hydrogen-bond acceptors (Lipinski definition) is 3. The van der Waals surface area contributed by atoms with Crippen LogP contribution in [0, 0.1) is 13.8 Å². The molecule has 0 saturated carbocycles. The van der Waals surface area contributed by atoms with E-state index in [1.165, 1.54) is 6.07 Å². The molecule has 0 saturated heterocycles. The molecule has 0 spiro atoms. The highest BCUT2D eigenvalue weighted by Gasteiger charge is 2.21. The highest BCUT2D eigenvalue weighted by molar-refractivity contribution is 5.53. The molecule has 4 N–H and O–H groups in total. The number of benzene rings is 1. The van der Waals surface area contributed by atoms with E-state index in [4.69, 9.17) is 5.73 Å². The van der Waals surface area contributed by atoms with Crippen molar-refractivity contribution in [3.05, 3.63) is 22.8 Å². The van der Waals surface area contributed by atoms with Crippen molar-refractivity contribution >= 4 is 0 Å². The number of aromatic hydroxyl groups is 2. The van der Waals surface area contributed by atoms with Gasteiger partial charge in [-0.1, -0.05) is 0 Å². The van der Waals surface area contributed by atoms with Crippen molar-refractivity contribution < 1.29 is 10.2 Å². The van der Waals surface area contributed by atoms with E-state index < -0.39 is 5.54 Å². The Balaban J connectivity index is 3.49. The van der Waals surface area contributed by atoms with Crippen molar-refractivity contribution in [2.75, 3.05) is 0 Å². The number of nitrogens with two attached hydrogens (primary N) is 1. The lowest BCUT2D eigenvalue weighted by molar-refractivity contribution is 0.397. The lowest BCUT2D eigenvalue weighted by Crippen LogP contribution is -2.29. The van der Waals surface area contributed by atoms with Gasteiger partial charge in [0.25, 0.3) is 0 Å². The van der Waals surface area contributed by atoms with Crippen LogP contribution in [0.3, 0.4) is 0 Å². The Bertz CT molecular complexity index is 365. The summed E-state index contributed by atoms with van der Waals surface area (Å²) in [7, 11) is 0. The van der Waals surface area contributed by atoms with Crippen LogP contribution in [-0.4, -0.2) is 10.2 Å². The monoisotopic (exact) mass is 195 g/mol. The summed E-state index contributed by atoms with van der Waals surface area (Å²) in [5.41, 5.74) is 7.89. The normalized spacial score (nSPS) is 11.8. The standard InChI is InChI=1S/C11H17NO2/c1-6-7(2)10(14)9(13)5-8(6)11(3,4)12/h5,13-14H,12H2,1-4H3. The molecular formula is C11H17NO2. The van der Waals surface area contributed by atoms with E-state index in [2.05, 4.69) is 0 Å². The van der Waals surface area contributed by atoms with Crippen LogP contribution < -0.4 is 5.73 Å². The van der Waals surface area contributed by atoms with Gasteiger partial charge >= 0.3 is 0 Å². The highest BCUT2D eigenvalue weighted by Crippen LogP contribution is 2.36. The zero-order chi connectivity index (χ0) is 11.1. The quantitative estimate of drug-likeness (QED) is 0.600. The Labute approximate surface area is 84.2 Å². The van der Waals surface area contributed by atoms with Crippen LogP contribution in [0.1, 0.15) is 30.5 Å². The molecular weight excluding hydrogens is 178 g/mol. The van der Waals surface area contributed by atoms with E-state index in [0.29, 0.717) is 5.56 Å². The number of phenolic OH excluding ortho intramolecular Hbond substituents is 2. The van der Waals surface area contributed by atoms with Gasteiger partial charge in [0.15, 0.2) is 11.5 Å². The van der Waals surface area contributed by atoms with Gasteiger partial charge in [-0.25, -0.2) is 0 Å². The van der Waals surface area contributed by atoms with Gasteiger partial charge in [-0.05, 0) is 50.5 Å². The van der Waals surface area contributed by atoms with Crippen LogP contribution >= 0.6 is 0 Å². The maximum absolute atomic E-state index is 9.49. The third-order valence-electron chi connectivity index (χ3n) is 2.54. The van der Waals surface area contributed by atoms with Gasteiger partial charge in [0.05, 0.1) is 0 Å². The van der Waals surface area contributed by atoms with Crippen molar-refractivity contribution in [1.29, 1.82) is 0 Å². The molecule has 0 fully saturated rings. The fourth-order valence-electron chi connectivity index (χ4n) is 1.55. The smallest absolute Gasteiger partial charge is 0.160 e. The molecule has 3 nitrogen and oxygen atoms in total. The zero-order valence-electron chi connectivity index (χ0n) is 9.05. The molecule has 14 heavy (non-hydrogen) atoms. The highest BCUT2D eigenvalue weighted by atomic mass is 16.3. The van der Waals surface area contributed by atoms with Crippen LogP contribution in [0.2, 0.25) is 0 Å². The third-order valence-corrected chi connectivity index (χ3v) is 2.54. The first-order valence-electron chi connectivity index (χ1n) is 4.56. The second-order valence-electron chi connectivity index (χ2n) is 4.26. The minimum Gasteiger partial charge on any atom is -0.504 e. The van der Waals surface area contributed by atoms with E-state index in [1.54, 1.807) is 6.92 Å². The van der Waals surface area contributed by atoms with E-state index in [-0.39, 0.29) is 11.5 Å². The molecule has 0 aliphatic heterocycles. The first-order chi connectivity index (χ1) is 6.25. The molecule has 0 aliphatic carbocycles. The van der Waals surface area contributed by atoms with Gasteiger partial charge in [-0.2, -0.15) is 0 Å². The molecule has 1 aromatic rings. The van der Waals surface area contributed by atoms with Crippen LogP contribution in [0.25, 0.3) is 0 Å². The van der Waals surface area contributed by atoms with Crippen molar-refractivity contribution in [2.24, 2.45) is 5.73 Å². The average Bonchev–Trinajstić information content (AvgIpc) is 2.06. The Hall–Kier alpha value is -1.22. The molecule has 3 heteroatoms. The van der Waals surface area contributed by atoms with E-state index in [9.17, 15) is 10.2 Å². The molecule has 1 aromatic carbocycles. The van der Waals surface area contributed by atoms with E-state index in [1.807, 2.05) is 20.8 Å². The SMILES string of the molecule is Cc1c(C(C)(C)N)cc(O)c(O)c1C. The lowest BCUT2D eigenvalue weighted by atomic mass is 9.88. The molecule has 78 valence electrons. The van der Waals surface area contributed by atoms with E-state index >= 15 is 0 Å². The molecule has 0 unspecified atom stereocenters. The summed E-state index contributed by atoms with van der Waals surface area (Å²) in [6.07, 6.45) is 0. The molecule has 0 aliphatic rings. The summed E-state index contributed by atoms with van der Waals surface area (Å²) in [5, 5.41) is 18.9. The number of phenols is 2. The Morgan fingerprint density at radius 2 is 1.64 bits per heavy atom. The Kier molecular flexibility index (Phi) is 2.46. The maximum Gasteiger partial charge on any atom is 0.160 e. The maximum atomic E-state index is 9.49. The largest absolute Gasteiger partial charge is 0.504 e. The first kappa shape index (κ1) is 10.9.